The Morgan fingerprint density at radius 1 is 0.629 bits per heavy atom. The van der Waals surface area contributed by atoms with Crippen molar-refractivity contribution in [1.82, 2.24) is 0 Å². The van der Waals surface area contributed by atoms with E-state index in [2.05, 4.69) is 13.8 Å². The Morgan fingerprint density at radius 3 is 1.17 bits per heavy atom. The Bertz CT molecular complexity index is 602. The van der Waals surface area contributed by atoms with Gasteiger partial charge in [0, 0.05) is 12.8 Å². The predicted octanol–water partition coefficient (Wildman–Crippen LogP) is 6.91. The summed E-state index contributed by atoms with van der Waals surface area (Å²) in [6.07, 6.45) is 3.17. The normalized spacial score (nSPS) is 11.1. The summed E-state index contributed by atoms with van der Waals surface area (Å²) in [5.74, 6) is -1.28. The minimum Gasteiger partial charge on any atom is -0.481 e. The van der Waals surface area contributed by atoms with Crippen LogP contribution in [0.3, 0.4) is 0 Å². The molecule has 8 nitrogen and oxygen atoms in total. The van der Waals surface area contributed by atoms with E-state index in [1.54, 1.807) is 27.7 Å². The first-order valence-corrected chi connectivity index (χ1v) is 12.4. The Balaban J connectivity index is -0.000000184. The van der Waals surface area contributed by atoms with Crippen LogP contribution in [0.1, 0.15) is 115 Å². The molecule has 0 atom stereocenters. The van der Waals surface area contributed by atoms with Crippen molar-refractivity contribution in [3.05, 3.63) is 0 Å². The zero-order valence-electron chi connectivity index (χ0n) is 24.3. The van der Waals surface area contributed by atoms with Crippen LogP contribution in [0.15, 0.2) is 0 Å². The van der Waals surface area contributed by atoms with Gasteiger partial charge in [-0.3, -0.25) is 19.2 Å². The lowest BCUT2D eigenvalue weighted by molar-refractivity contribution is -0.149. The quantitative estimate of drug-likeness (QED) is 0.236. The van der Waals surface area contributed by atoms with E-state index in [0.29, 0.717) is 18.3 Å². The minimum atomic E-state index is -0.725. The standard InChI is InChI=1S/C8H16O2.2C7H14O2.C5H10O2/c1-6(2)5-8(3,4)7(9)10;1-5(2)7(3,4)6(8)9;1-6(2)4-3-5-7(8)9;1-4(2)3-5(6)7/h6H,5H2,1-4H3,(H,9,10);5H,1-4H3,(H,8,9);6H,3-5H2,1-2H3,(H,8,9);4H,3H2,1-2H3,(H,6,7). The van der Waals surface area contributed by atoms with Crippen LogP contribution in [0.2, 0.25) is 0 Å². The fraction of sp³-hybridized carbons (Fsp3) is 0.852. The summed E-state index contributed by atoms with van der Waals surface area (Å²) in [5.41, 5.74) is -1.14. The molecule has 0 spiro atoms. The van der Waals surface area contributed by atoms with Crippen molar-refractivity contribution in [2.45, 2.75) is 115 Å². The highest BCUT2D eigenvalue weighted by Gasteiger charge is 2.30. The maximum absolute atomic E-state index is 10.6. The summed E-state index contributed by atoms with van der Waals surface area (Å²) in [5, 5.41) is 33.6. The molecule has 0 aromatic heterocycles. The average Bonchev–Trinajstić information content (AvgIpc) is 2.60. The number of hydrogen-bond donors (Lipinski definition) is 4. The molecule has 0 saturated carbocycles. The van der Waals surface area contributed by atoms with Gasteiger partial charge < -0.3 is 20.4 Å². The summed E-state index contributed by atoms with van der Waals surface area (Å²) in [7, 11) is 0. The summed E-state index contributed by atoms with van der Waals surface area (Å²) >= 11 is 0. The van der Waals surface area contributed by atoms with Gasteiger partial charge in [0.15, 0.2) is 0 Å². The van der Waals surface area contributed by atoms with Gasteiger partial charge >= 0.3 is 23.9 Å². The zero-order valence-corrected chi connectivity index (χ0v) is 24.3. The molecule has 0 radical (unpaired) electrons. The van der Waals surface area contributed by atoms with Crippen LogP contribution in [0, 0.1) is 34.5 Å². The molecule has 35 heavy (non-hydrogen) atoms. The summed E-state index contributed by atoms with van der Waals surface area (Å²) < 4.78 is 0. The third-order valence-electron chi connectivity index (χ3n) is 5.25. The SMILES string of the molecule is CC(C)C(C)(C)C(=O)O.CC(C)CC(=O)O.CC(C)CC(C)(C)C(=O)O.CC(C)CCCC(=O)O. The van der Waals surface area contributed by atoms with Gasteiger partial charge in [-0.2, -0.15) is 0 Å². The van der Waals surface area contributed by atoms with Gasteiger partial charge in [-0.05, 0) is 64.2 Å². The van der Waals surface area contributed by atoms with Crippen molar-refractivity contribution in [3.8, 4) is 0 Å². The fourth-order valence-corrected chi connectivity index (χ4v) is 2.37. The maximum Gasteiger partial charge on any atom is 0.309 e. The molecule has 0 rings (SSSR count). The lowest BCUT2D eigenvalue weighted by Crippen LogP contribution is -2.29. The molecule has 0 aromatic rings. The highest BCUT2D eigenvalue weighted by Crippen LogP contribution is 2.26. The number of carboxylic acid groups (broad SMARTS) is 4. The van der Waals surface area contributed by atoms with Crippen molar-refractivity contribution in [3.63, 3.8) is 0 Å². The van der Waals surface area contributed by atoms with E-state index < -0.39 is 34.7 Å². The van der Waals surface area contributed by atoms with Crippen molar-refractivity contribution < 1.29 is 39.6 Å². The second-order valence-corrected chi connectivity index (χ2v) is 11.6. The Hall–Kier alpha value is -2.12. The Kier molecular flexibility index (Phi) is 23.0. The highest BCUT2D eigenvalue weighted by molar-refractivity contribution is 5.74. The van der Waals surface area contributed by atoms with Crippen LogP contribution in [0.4, 0.5) is 0 Å². The maximum atomic E-state index is 10.6. The Labute approximate surface area is 213 Å². The lowest BCUT2D eigenvalue weighted by Gasteiger charge is -2.22. The monoisotopic (exact) mass is 506 g/mol. The van der Waals surface area contributed by atoms with E-state index in [-0.39, 0.29) is 18.3 Å². The molecule has 0 saturated heterocycles. The van der Waals surface area contributed by atoms with E-state index in [0.717, 1.165) is 19.3 Å². The molecule has 0 fully saturated rings. The molecule has 0 aliphatic heterocycles. The molecule has 0 aliphatic carbocycles. The first-order valence-electron chi connectivity index (χ1n) is 12.4. The molecule has 210 valence electrons. The van der Waals surface area contributed by atoms with E-state index >= 15 is 0 Å². The van der Waals surface area contributed by atoms with E-state index in [1.165, 1.54) is 0 Å². The van der Waals surface area contributed by atoms with Crippen molar-refractivity contribution in [1.29, 1.82) is 0 Å². The van der Waals surface area contributed by atoms with Gasteiger partial charge in [0.25, 0.3) is 0 Å². The molecular weight excluding hydrogens is 452 g/mol. The molecule has 0 bridgehead atoms. The van der Waals surface area contributed by atoms with Gasteiger partial charge in [-0.15, -0.1) is 0 Å². The molecule has 0 heterocycles. The second-order valence-electron chi connectivity index (χ2n) is 11.6. The third-order valence-corrected chi connectivity index (χ3v) is 5.25. The van der Waals surface area contributed by atoms with Crippen LogP contribution in [-0.2, 0) is 19.2 Å². The molecule has 4 N–H and O–H groups in total. The summed E-state index contributed by atoms with van der Waals surface area (Å²) in [4.78, 5) is 40.8. The van der Waals surface area contributed by atoms with Gasteiger partial charge in [0.05, 0.1) is 10.8 Å². The number of hydrogen-bond acceptors (Lipinski definition) is 4. The smallest absolute Gasteiger partial charge is 0.309 e. The van der Waals surface area contributed by atoms with E-state index in [1.807, 2.05) is 41.5 Å². The fourth-order valence-electron chi connectivity index (χ4n) is 2.37. The summed E-state index contributed by atoms with van der Waals surface area (Å²) in [6.45, 7) is 22.8. The molecule has 0 aliphatic rings. The van der Waals surface area contributed by atoms with Gasteiger partial charge in [-0.25, -0.2) is 0 Å². The van der Waals surface area contributed by atoms with E-state index in [4.69, 9.17) is 20.4 Å². The number of aliphatic carboxylic acids is 4. The van der Waals surface area contributed by atoms with Crippen LogP contribution >= 0.6 is 0 Å². The van der Waals surface area contributed by atoms with Crippen LogP contribution in [-0.4, -0.2) is 44.3 Å². The summed E-state index contributed by atoms with van der Waals surface area (Å²) in [6, 6.07) is 0. The number of rotatable bonds is 11. The van der Waals surface area contributed by atoms with Crippen molar-refractivity contribution in [2.75, 3.05) is 0 Å². The lowest BCUT2D eigenvalue weighted by atomic mass is 9.81. The molecule has 8 heteroatoms. The zero-order chi connectivity index (χ0) is 29.2. The van der Waals surface area contributed by atoms with Crippen molar-refractivity contribution >= 4 is 23.9 Å². The molecule has 0 amide bonds. The number of carboxylic acids is 4. The molecular formula is C27H54O8. The average molecular weight is 507 g/mol. The van der Waals surface area contributed by atoms with E-state index in [9.17, 15) is 19.2 Å². The number of carbonyl (C=O) groups is 4. The minimum absolute atomic E-state index is 0.190. The van der Waals surface area contributed by atoms with Gasteiger partial charge in [0.2, 0.25) is 0 Å². The molecule has 0 unspecified atom stereocenters. The van der Waals surface area contributed by atoms with Crippen LogP contribution in [0.5, 0.6) is 0 Å². The second kappa shape index (κ2) is 20.1. The van der Waals surface area contributed by atoms with Crippen molar-refractivity contribution in [2.24, 2.45) is 34.5 Å². The van der Waals surface area contributed by atoms with Gasteiger partial charge in [-0.1, -0.05) is 61.8 Å². The van der Waals surface area contributed by atoms with Gasteiger partial charge in [0.1, 0.15) is 0 Å². The first-order chi connectivity index (χ1) is 15.5. The molecule has 0 aromatic carbocycles. The Morgan fingerprint density at radius 2 is 1.06 bits per heavy atom. The predicted molar refractivity (Wildman–Crippen MR) is 141 cm³/mol. The van der Waals surface area contributed by atoms with Crippen LogP contribution in [0.25, 0.3) is 0 Å². The largest absolute Gasteiger partial charge is 0.481 e. The third kappa shape index (κ3) is 29.8. The topological polar surface area (TPSA) is 149 Å². The first kappa shape index (κ1) is 40.1. The van der Waals surface area contributed by atoms with Crippen LogP contribution < -0.4 is 0 Å². The highest BCUT2D eigenvalue weighted by atomic mass is 16.4.